The summed E-state index contributed by atoms with van der Waals surface area (Å²) in [7, 11) is 0. The summed E-state index contributed by atoms with van der Waals surface area (Å²) in [6.45, 7) is 10.9. The molecule has 1 saturated heterocycles. The zero-order chi connectivity index (χ0) is 10.9. The van der Waals surface area contributed by atoms with Crippen LogP contribution in [0.3, 0.4) is 0 Å². The monoisotopic (exact) mass is 212 g/mol. The van der Waals surface area contributed by atoms with Crippen molar-refractivity contribution in [2.45, 2.75) is 52.4 Å². The van der Waals surface area contributed by atoms with Gasteiger partial charge in [0.2, 0.25) is 0 Å². The van der Waals surface area contributed by atoms with Gasteiger partial charge >= 0.3 is 0 Å². The Balaban J connectivity index is 1.88. The number of unbranched alkanes of at least 4 members (excludes halogenated alkanes) is 5. The largest absolute Gasteiger partial charge is 0.289 e. The molecule has 1 fully saturated rings. The van der Waals surface area contributed by atoms with Gasteiger partial charge in [-0.2, -0.15) is 0 Å². The SMILES string of the molecule is CCCCCCCCN1CCN(CC)C1. The Hall–Kier alpha value is -0.0800. The minimum absolute atomic E-state index is 1.21. The normalized spacial score (nSPS) is 18.8. The Kier molecular flexibility index (Phi) is 7.03. The molecule has 0 amide bonds. The molecule has 0 aromatic rings. The van der Waals surface area contributed by atoms with Gasteiger partial charge < -0.3 is 0 Å². The van der Waals surface area contributed by atoms with Gasteiger partial charge in [-0.1, -0.05) is 46.0 Å². The molecule has 1 heterocycles. The molecule has 0 aromatic carbocycles. The molecule has 0 aliphatic carbocycles. The highest BCUT2D eigenvalue weighted by molar-refractivity contribution is 4.69. The van der Waals surface area contributed by atoms with Crippen LogP contribution in [0.15, 0.2) is 0 Å². The molecule has 2 heteroatoms. The highest BCUT2D eigenvalue weighted by atomic mass is 15.4. The van der Waals surface area contributed by atoms with Gasteiger partial charge in [0.05, 0.1) is 6.67 Å². The molecule has 0 atom stereocenters. The standard InChI is InChI=1S/C13H28N2/c1-3-5-6-7-8-9-10-15-12-11-14(4-2)13-15/h3-13H2,1-2H3. The van der Waals surface area contributed by atoms with Crippen LogP contribution < -0.4 is 0 Å². The number of nitrogens with zero attached hydrogens (tertiary/aromatic N) is 2. The van der Waals surface area contributed by atoms with Crippen LogP contribution in [0.25, 0.3) is 0 Å². The summed E-state index contributed by atoms with van der Waals surface area (Å²) in [5, 5.41) is 0. The zero-order valence-electron chi connectivity index (χ0n) is 10.7. The number of rotatable bonds is 8. The molecule has 0 unspecified atom stereocenters. The van der Waals surface area contributed by atoms with Gasteiger partial charge in [-0.05, 0) is 19.5 Å². The van der Waals surface area contributed by atoms with Crippen LogP contribution in [-0.2, 0) is 0 Å². The van der Waals surface area contributed by atoms with E-state index in [1.807, 2.05) is 0 Å². The fraction of sp³-hybridized carbons (Fsp3) is 1.00. The first kappa shape index (κ1) is 13.0. The zero-order valence-corrected chi connectivity index (χ0v) is 10.7. The Morgan fingerprint density at radius 1 is 0.800 bits per heavy atom. The van der Waals surface area contributed by atoms with Crippen molar-refractivity contribution in [2.24, 2.45) is 0 Å². The number of likely N-dealkylation sites (N-methyl/N-ethyl adjacent to an activating group) is 1. The summed E-state index contributed by atoms with van der Waals surface area (Å²) in [6.07, 6.45) is 8.51. The van der Waals surface area contributed by atoms with E-state index in [9.17, 15) is 0 Å². The van der Waals surface area contributed by atoms with Gasteiger partial charge in [0.1, 0.15) is 0 Å². The average molecular weight is 212 g/mol. The van der Waals surface area contributed by atoms with Crippen molar-refractivity contribution < 1.29 is 0 Å². The van der Waals surface area contributed by atoms with E-state index >= 15 is 0 Å². The highest BCUT2D eigenvalue weighted by Gasteiger charge is 2.16. The van der Waals surface area contributed by atoms with E-state index in [-0.39, 0.29) is 0 Å². The first-order valence-corrected chi connectivity index (χ1v) is 6.81. The van der Waals surface area contributed by atoms with Gasteiger partial charge in [-0.15, -0.1) is 0 Å². The van der Waals surface area contributed by atoms with Crippen LogP contribution in [0.2, 0.25) is 0 Å². The lowest BCUT2D eigenvalue weighted by molar-refractivity contribution is 0.249. The van der Waals surface area contributed by atoms with Crippen LogP contribution in [0, 0.1) is 0 Å². The minimum Gasteiger partial charge on any atom is -0.289 e. The molecule has 0 radical (unpaired) electrons. The maximum atomic E-state index is 2.60. The fourth-order valence-electron chi connectivity index (χ4n) is 2.26. The molecule has 0 saturated carbocycles. The first-order chi connectivity index (χ1) is 7.36. The molecule has 0 aromatic heterocycles. The van der Waals surface area contributed by atoms with E-state index in [2.05, 4.69) is 23.6 Å². The number of hydrogen-bond donors (Lipinski definition) is 0. The van der Waals surface area contributed by atoms with Crippen LogP contribution in [0.4, 0.5) is 0 Å². The van der Waals surface area contributed by atoms with E-state index in [0.29, 0.717) is 0 Å². The van der Waals surface area contributed by atoms with Crippen molar-refractivity contribution in [3.05, 3.63) is 0 Å². The second-order valence-corrected chi connectivity index (χ2v) is 4.74. The summed E-state index contributed by atoms with van der Waals surface area (Å²) in [6, 6.07) is 0. The molecule has 1 rings (SSSR count). The highest BCUT2D eigenvalue weighted by Crippen LogP contribution is 2.09. The van der Waals surface area contributed by atoms with Gasteiger partial charge in [-0.3, -0.25) is 9.80 Å². The van der Waals surface area contributed by atoms with Crippen molar-refractivity contribution in [1.29, 1.82) is 0 Å². The van der Waals surface area contributed by atoms with Crippen molar-refractivity contribution in [3.8, 4) is 0 Å². The molecular weight excluding hydrogens is 184 g/mol. The van der Waals surface area contributed by atoms with Gasteiger partial charge in [-0.25, -0.2) is 0 Å². The Bertz CT molecular complexity index is 147. The Morgan fingerprint density at radius 2 is 1.47 bits per heavy atom. The Morgan fingerprint density at radius 3 is 2.13 bits per heavy atom. The fourth-order valence-corrected chi connectivity index (χ4v) is 2.26. The minimum atomic E-state index is 1.21. The average Bonchev–Trinajstić information content (AvgIpc) is 2.71. The van der Waals surface area contributed by atoms with Crippen molar-refractivity contribution in [1.82, 2.24) is 9.80 Å². The predicted molar refractivity (Wildman–Crippen MR) is 67.1 cm³/mol. The van der Waals surface area contributed by atoms with Gasteiger partial charge in [0.25, 0.3) is 0 Å². The lowest BCUT2D eigenvalue weighted by atomic mass is 10.1. The summed E-state index contributed by atoms with van der Waals surface area (Å²) in [5.74, 6) is 0. The molecule has 0 bridgehead atoms. The van der Waals surface area contributed by atoms with Gasteiger partial charge in [0.15, 0.2) is 0 Å². The summed E-state index contributed by atoms with van der Waals surface area (Å²) >= 11 is 0. The maximum Gasteiger partial charge on any atom is 0.0507 e. The van der Waals surface area contributed by atoms with Crippen molar-refractivity contribution in [2.75, 3.05) is 32.8 Å². The van der Waals surface area contributed by atoms with Crippen molar-refractivity contribution >= 4 is 0 Å². The molecule has 1 aliphatic rings. The second kappa shape index (κ2) is 8.12. The maximum absolute atomic E-state index is 2.60. The lowest BCUT2D eigenvalue weighted by Crippen LogP contribution is -2.26. The van der Waals surface area contributed by atoms with Crippen LogP contribution in [0.1, 0.15) is 52.4 Å². The smallest absolute Gasteiger partial charge is 0.0507 e. The van der Waals surface area contributed by atoms with Crippen LogP contribution in [-0.4, -0.2) is 42.6 Å². The van der Waals surface area contributed by atoms with E-state index in [0.717, 1.165) is 0 Å². The molecule has 1 aliphatic heterocycles. The van der Waals surface area contributed by atoms with Crippen LogP contribution in [0.5, 0.6) is 0 Å². The van der Waals surface area contributed by atoms with E-state index in [1.165, 1.54) is 71.4 Å². The summed E-state index contributed by atoms with van der Waals surface area (Å²) in [4.78, 5) is 5.13. The van der Waals surface area contributed by atoms with E-state index in [1.54, 1.807) is 0 Å². The third kappa shape index (κ3) is 5.53. The lowest BCUT2D eigenvalue weighted by Gasteiger charge is -2.16. The Labute approximate surface area is 95.6 Å². The van der Waals surface area contributed by atoms with Crippen molar-refractivity contribution in [3.63, 3.8) is 0 Å². The molecule has 15 heavy (non-hydrogen) atoms. The summed E-state index contributed by atoms with van der Waals surface area (Å²) in [5.41, 5.74) is 0. The van der Waals surface area contributed by atoms with E-state index < -0.39 is 0 Å². The predicted octanol–water partition coefficient (Wildman–Crippen LogP) is 2.94. The first-order valence-electron chi connectivity index (χ1n) is 6.81. The second-order valence-electron chi connectivity index (χ2n) is 4.74. The molecule has 0 N–H and O–H groups in total. The van der Waals surface area contributed by atoms with Gasteiger partial charge in [0, 0.05) is 13.1 Å². The van der Waals surface area contributed by atoms with Crippen LogP contribution >= 0.6 is 0 Å². The number of hydrogen-bond acceptors (Lipinski definition) is 2. The molecule has 0 spiro atoms. The molecule has 2 nitrogen and oxygen atoms in total. The molecule has 90 valence electrons. The third-order valence-corrected chi connectivity index (χ3v) is 3.41. The quantitative estimate of drug-likeness (QED) is 0.571. The van der Waals surface area contributed by atoms with E-state index in [4.69, 9.17) is 0 Å². The topological polar surface area (TPSA) is 6.48 Å². The summed E-state index contributed by atoms with van der Waals surface area (Å²) < 4.78 is 0. The molecular formula is C13H28N2. The third-order valence-electron chi connectivity index (χ3n) is 3.41.